The summed E-state index contributed by atoms with van der Waals surface area (Å²) in [4.78, 5) is 73.1. The lowest BCUT2D eigenvalue weighted by Gasteiger charge is -2.36. The molecule has 0 amide bonds. The minimum Gasteiger partial charge on any atom is -0.822 e. The van der Waals surface area contributed by atoms with Gasteiger partial charge in [0.1, 0.15) is 0 Å². The first-order chi connectivity index (χ1) is 15.2. The second kappa shape index (κ2) is 24.8. The molecule has 0 aromatic rings. The Kier molecular flexibility index (Phi) is 31.7. The van der Waals surface area contributed by atoms with E-state index < -0.39 is 37.7 Å². The van der Waals surface area contributed by atoms with E-state index in [1.807, 2.05) is 0 Å². The molecule has 0 aliphatic rings. The van der Waals surface area contributed by atoms with E-state index in [2.05, 4.69) is 32.9 Å². The molecule has 0 heterocycles. The Balaban J connectivity index is -0.0000000722. The quantitative estimate of drug-likeness (QED) is 0.241. The fourth-order valence-electron chi connectivity index (χ4n) is 0. The van der Waals surface area contributed by atoms with Crippen molar-refractivity contribution in [3.63, 3.8) is 0 Å². The number of carbonyl (C=O) groups excluding carboxylic acids is 5. The van der Waals surface area contributed by atoms with Gasteiger partial charge in [-0.3, -0.25) is 0 Å². The summed E-state index contributed by atoms with van der Waals surface area (Å²) in [6, 6.07) is 0. The normalized spacial score (nSPS) is 8.11. The van der Waals surface area contributed by atoms with Crippen LogP contribution in [0.1, 0.15) is 34.6 Å². The summed E-state index contributed by atoms with van der Waals surface area (Å²) < 4.78 is 8.55. The molecule has 0 N–H and O–H groups in total. The van der Waals surface area contributed by atoms with Crippen molar-refractivity contribution in [2.24, 2.45) is 0 Å². The molecule has 0 saturated heterocycles. The van der Waals surface area contributed by atoms with Gasteiger partial charge in [-0.05, 0) is 62.5 Å². The molecule has 0 unspecified atom stereocenters. The fraction of sp³-hybridized carbons (Fsp3) is 0.250. The van der Waals surface area contributed by atoms with Gasteiger partial charge in [-0.1, -0.05) is 32.9 Å². The van der Waals surface area contributed by atoms with E-state index in [9.17, 15) is 49.5 Å². The van der Waals surface area contributed by atoms with Crippen LogP contribution in [0, 0.1) is 0 Å². The molecule has 0 aliphatic heterocycles. The number of carbonyl (C=O) groups is 5. The highest BCUT2D eigenvalue weighted by molar-refractivity contribution is 7.40. The molecule has 35 heavy (non-hydrogen) atoms. The van der Waals surface area contributed by atoms with Crippen LogP contribution < -0.4 is 40.2 Å². The van der Waals surface area contributed by atoms with Crippen LogP contribution in [0.3, 0.4) is 0 Å². The molecule has 0 aliphatic carbocycles. The minimum atomic E-state index is -5.39. The van der Waals surface area contributed by atoms with E-state index in [0.29, 0.717) is 0 Å². The Labute approximate surface area is 202 Å². The summed E-state index contributed by atoms with van der Waals surface area (Å²) >= 11 is 0. The molecule has 0 atom stereocenters. The third kappa shape index (κ3) is 91.6. The number of hydrogen-bond donors (Lipinski definition) is 0. The predicted molar refractivity (Wildman–Crippen MR) is 107 cm³/mol. The Morgan fingerprint density at radius 1 is 0.429 bits per heavy atom. The first-order valence-corrected chi connectivity index (χ1v) is 9.75. The standard InChI is InChI=1S/5C4H6O2.H3O4P/c5*1-3(2)4(5)6;1-5(2,3)4/h5*1H2,2H3,(H,5,6);(H3,1,2,3,4)/p-8. The lowest BCUT2D eigenvalue weighted by Crippen LogP contribution is -2.24. The van der Waals surface area contributed by atoms with Crippen LogP contribution in [0.2, 0.25) is 0 Å². The predicted octanol–water partition coefficient (Wildman–Crippen LogP) is -6.26. The third-order valence-electron chi connectivity index (χ3n) is 1.74. The Bertz CT molecular complexity index is 638. The zero-order valence-electron chi connectivity index (χ0n) is 19.7. The molecule has 0 saturated carbocycles. The number of rotatable bonds is 5. The maximum absolute atomic E-state index is 9.49. The minimum absolute atomic E-state index is 0.0648. The van der Waals surface area contributed by atoms with Gasteiger partial charge >= 0.3 is 0 Å². The van der Waals surface area contributed by atoms with Crippen LogP contribution in [0.25, 0.3) is 0 Å². The number of hydrogen-bond acceptors (Lipinski definition) is 14. The molecule has 0 aromatic carbocycles. The highest BCUT2D eigenvalue weighted by Crippen LogP contribution is 2.03. The largest absolute Gasteiger partial charge is 0.822 e. The van der Waals surface area contributed by atoms with Crippen molar-refractivity contribution in [3.8, 4) is 0 Å². The lowest BCUT2D eigenvalue weighted by atomic mass is 10.4. The Hall–Kier alpha value is -3.84. The van der Waals surface area contributed by atoms with E-state index in [-0.39, 0.29) is 27.9 Å². The van der Waals surface area contributed by atoms with Crippen molar-refractivity contribution >= 4 is 37.7 Å². The van der Waals surface area contributed by atoms with Gasteiger partial charge in [0.2, 0.25) is 0 Å². The van der Waals surface area contributed by atoms with Gasteiger partial charge in [0.15, 0.2) is 0 Å². The lowest BCUT2D eigenvalue weighted by molar-refractivity contribution is -0.432. The molecular formula is C20H25O14P-8. The zero-order valence-corrected chi connectivity index (χ0v) is 20.6. The average molecular weight is 520 g/mol. The Morgan fingerprint density at radius 2 is 0.457 bits per heavy atom. The summed E-state index contributed by atoms with van der Waals surface area (Å²) in [5, 5.41) is 47.4. The molecule has 15 heteroatoms. The number of carboxylic acid groups (broad SMARTS) is 5. The second-order valence-electron chi connectivity index (χ2n) is 5.79. The van der Waals surface area contributed by atoms with Crippen molar-refractivity contribution in [1.82, 2.24) is 0 Å². The maximum atomic E-state index is 9.49. The monoisotopic (exact) mass is 520 g/mol. The van der Waals surface area contributed by atoms with Crippen LogP contribution in [-0.4, -0.2) is 29.8 Å². The molecular weight excluding hydrogens is 495 g/mol. The Morgan fingerprint density at radius 3 is 0.457 bits per heavy atom. The van der Waals surface area contributed by atoms with Crippen LogP contribution in [0.5, 0.6) is 0 Å². The fourth-order valence-corrected chi connectivity index (χ4v) is 0. The van der Waals surface area contributed by atoms with Crippen LogP contribution in [-0.2, 0) is 28.5 Å². The zero-order chi connectivity index (χ0) is 30.3. The van der Waals surface area contributed by atoms with Crippen LogP contribution in [0.4, 0.5) is 0 Å². The van der Waals surface area contributed by atoms with E-state index in [4.69, 9.17) is 19.2 Å². The van der Waals surface area contributed by atoms with Gasteiger partial charge in [-0.2, -0.15) is 7.82 Å². The van der Waals surface area contributed by atoms with E-state index in [0.717, 1.165) is 0 Å². The maximum Gasteiger partial charge on any atom is 0.0666 e. The molecule has 0 rings (SSSR count). The summed E-state index contributed by atoms with van der Waals surface area (Å²) in [6.07, 6.45) is 0. The van der Waals surface area contributed by atoms with Gasteiger partial charge in [-0.25, -0.2) is 0 Å². The first kappa shape index (κ1) is 44.8. The molecule has 0 fully saturated rings. The smallest absolute Gasteiger partial charge is 0.0666 e. The highest BCUT2D eigenvalue weighted by Gasteiger charge is 1.78. The summed E-state index contributed by atoms with van der Waals surface area (Å²) in [6.45, 7) is 22.4. The number of carboxylic acids is 5. The van der Waals surface area contributed by atoms with Crippen molar-refractivity contribution < 1.29 is 68.8 Å². The van der Waals surface area contributed by atoms with Crippen LogP contribution >= 0.6 is 7.82 Å². The topological polar surface area (TPSA) is 287 Å². The van der Waals surface area contributed by atoms with Crippen LogP contribution in [0.15, 0.2) is 60.8 Å². The van der Waals surface area contributed by atoms with Gasteiger partial charge in [0, 0.05) is 0 Å². The molecule has 0 spiro atoms. The van der Waals surface area contributed by atoms with Crippen molar-refractivity contribution in [1.29, 1.82) is 0 Å². The molecule has 14 nitrogen and oxygen atoms in total. The molecule has 202 valence electrons. The van der Waals surface area contributed by atoms with E-state index >= 15 is 0 Å². The second-order valence-corrected chi connectivity index (χ2v) is 6.68. The van der Waals surface area contributed by atoms with Gasteiger partial charge in [-0.15, -0.1) is 0 Å². The van der Waals surface area contributed by atoms with Gasteiger partial charge in [0.25, 0.3) is 0 Å². The third-order valence-corrected chi connectivity index (χ3v) is 1.74. The number of aliphatic carboxylic acids is 5. The van der Waals surface area contributed by atoms with Crippen molar-refractivity contribution in [2.75, 3.05) is 0 Å². The van der Waals surface area contributed by atoms with Crippen molar-refractivity contribution in [2.45, 2.75) is 34.6 Å². The summed E-state index contributed by atoms with van der Waals surface area (Å²) in [5.74, 6) is -5.93. The first-order valence-electron chi connectivity index (χ1n) is 8.29. The van der Waals surface area contributed by atoms with Gasteiger partial charge < -0.3 is 68.8 Å². The van der Waals surface area contributed by atoms with E-state index in [1.54, 1.807) is 0 Å². The average Bonchev–Trinajstić information content (AvgIpc) is 2.61. The number of phosphoric acid groups is 1. The van der Waals surface area contributed by atoms with Crippen molar-refractivity contribution in [3.05, 3.63) is 60.8 Å². The van der Waals surface area contributed by atoms with E-state index in [1.165, 1.54) is 34.6 Å². The molecule has 0 bridgehead atoms. The summed E-state index contributed by atoms with van der Waals surface area (Å²) in [7, 11) is -5.39. The van der Waals surface area contributed by atoms with Gasteiger partial charge in [0.05, 0.1) is 29.8 Å². The molecule has 0 aromatic heterocycles. The summed E-state index contributed by atoms with van der Waals surface area (Å²) in [5.41, 5.74) is 0.324. The highest BCUT2D eigenvalue weighted by atomic mass is 31.2. The SMILES string of the molecule is C=C(C)C(=O)[O-].C=C(C)C(=O)[O-].C=C(C)C(=O)[O-].C=C(C)C(=O)[O-].C=C(C)C(=O)[O-].O=P([O-])([O-])[O-]. The molecule has 0 radical (unpaired) electrons.